The molecule has 2 aromatic heterocycles. The number of carbonyl (C=O) groups excluding carboxylic acids is 2. The van der Waals surface area contributed by atoms with Gasteiger partial charge in [0, 0.05) is 55.3 Å². The number of methoxy groups -OCH3 is 1. The smallest absolute Gasteiger partial charge is 0.417 e. The number of amides is 1. The van der Waals surface area contributed by atoms with Crippen molar-refractivity contribution in [2.24, 2.45) is 19.8 Å². The number of ether oxygens (including phenoxy) is 2. The number of alkyl halides is 9. The van der Waals surface area contributed by atoms with E-state index in [-0.39, 0.29) is 42.1 Å². The zero-order valence-corrected chi connectivity index (χ0v) is 38.7. The van der Waals surface area contributed by atoms with Gasteiger partial charge in [-0.1, -0.05) is 24.3 Å². The van der Waals surface area contributed by atoms with Gasteiger partial charge in [0.1, 0.15) is 47.0 Å². The first-order valence-electron chi connectivity index (χ1n) is 21.2. The van der Waals surface area contributed by atoms with E-state index in [2.05, 4.69) is 4.74 Å². The number of carboxylic acid groups (broad SMARTS) is 1. The second-order valence-corrected chi connectivity index (χ2v) is 16.5. The van der Waals surface area contributed by atoms with E-state index in [0.717, 1.165) is 46.6 Å². The number of benzene rings is 3. The summed E-state index contributed by atoms with van der Waals surface area (Å²) < 4.78 is 192. The molecule has 1 amide bonds. The molecular formula is C47H42F13N5O8. The Morgan fingerprint density at radius 3 is 1.59 bits per heavy atom. The van der Waals surface area contributed by atoms with Crippen LogP contribution in [0.1, 0.15) is 44.0 Å². The van der Waals surface area contributed by atoms with Crippen LogP contribution in [-0.2, 0) is 58.4 Å². The fourth-order valence-corrected chi connectivity index (χ4v) is 7.67. The molecule has 0 bridgehead atoms. The Hall–Kier alpha value is -7.22. The number of carbonyl (C=O) groups is 3. The highest BCUT2D eigenvalue weighted by molar-refractivity contribution is 5.97. The average Bonchev–Trinajstić information content (AvgIpc) is 3.29. The van der Waals surface area contributed by atoms with Crippen LogP contribution in [0.25, 0.3) is 22.3 Å². The van der Waals surface area contributed by atoms with Gasteiger partial charge in [0.25, 0.3) is 17.0 Å². The van der Waals surface area contributed by atoms with Crippen LogP contribution in [0.2, 0.25) is 0 Å². The number of halogens is 13. The van der Waals surface area contributed by atoms with Crippen LogP contribution < -0.4 is 27.1 Å². The Labute approximate surface area is 404 Å². The minimum atomic E-state index is -5.03. The number of hydrogen-bond donors (Lipinski definition) is 3. The van der Waals surface area contributed by atoms with Crippen molar-refractivity contribution >= 4 is 23.5 Å². The van der Waals surface area contributed by atoms with Crippen LogP contribution in [0.4, 0.5) is 62.8 Å². The van der Waals surface area contributed by atoms with Crippen molar-refractivity contribution in [1.82, 2.24) is 14.5 Å². The molecule has 3 heterocycles. The molecule has 0 spiro atoms. The molecule has 73 heavy (non-hydrogen) atoms. The fourth-order valence-electron chi connectivity index (χ4n) is 7.67. The molecule has 1 saturated heterocycles. The molecular weight excluding hydrogens is 1010 g/mol. The van der Waals surface area contributed by atoms with E-state index in [4.69, 9.17) is 10.5 Å². The van der Waals surface area contributed by atoms with Crippen LogP contribution >= 0.6 is 0 Å². The van der Waals surface area contributed by atoms with Gasteiger partial charge < -0.3 is 39.7 Å². The number of anilines is 1. The standard InChI is InChI=1S/C29H24F9N3O5.C18H18F4N2O3/c1-13-7-17(28(33,34)35)23(26(43)40(13)2)16-4-3-14(8-18(16)30)9-21(27(44)45)39-25(42)24-19(31)10-15(11-20(24)32)41-5-6-46-12-22(41)29(36,37)38;1-9-6-12(18(20,21)22)15(16(25)24(9)2)11-5-4-10(7-13(11)19)8-14(23)17(26)27-3/h3-4,7-8,10-11,21-22H,5-6,9,12H2,1-2H3,(H,39,42)(H,44,45);4-7,14H,8,23H2,1-3H3/t21-,22+;14-/m00/s1. The lowest BCUT2D eigenvalue weighted by molar-refractivity contribution is -0.167. The zero-order chi connectivity index (χ0) is 54.8. The predicted octanol–water partition coefficient (Wildman–Crippen LogP) is 7.55. The van der Waals surface area contributed by atoms with Crippen LogP contribution in [0.3, 0.4) is 0 Å². The first-order chi connectivity index (χ1) is 33.8. The minimum Gasteiger partial charge on any atom is -0.480 e. The maximum atomic E-state index is 15.2. The monoisotopic (exact) mass is 1050 g/mol. The first kappa shape index (κ1) is 56.7. The highest BCUT2D eigenvalue weighted by atomic mass is 19.4. The third kappa shape index (κ3) is 12.7. The molecule has 0 unspecified atom stereocenters. The van der Waals surface area contributed by atoms with Crippen molar-refractivity contribution in [1.29, 1.82) is 0 Å². The second kappa shape index (κ2) is 21.9. The molecule has 0 aliphatic carbocycles. The fraction of sp³-hybridized carbons (Fsp3) is 0.340. The van der Waals surface area contributed by atoms with E-state index in [0.29, 0.717) is 29.2 Å². The number of aromatic nitrogens is 2. The van der Waals surface area contributed by atoms with E-state index >= 15 is 4.39 Å². The number of aryl methyl sites for hydroxylation is 2. The summed E-state index contributed by atoms with van der Waals surface area (Å²) in [6.45, 7) is 1.25. The summed E-state index contributed by atoms with van der Waals surface area (Å²) in [5.41, 5.74) is -3.76. The Morgan fingerprint density at radius 2 is 1.19 bits per heavy atom. The van der Waals surface area contributed by atoms with Crippen molar-refractivity contribution in [3.63, 3.8) is 0 Å². The maximum absolute atomic E-state index is 15.2. The van der Waals surface area contributed by atoms with Crippen molar-refractivity contribution in [2.45, 2.75) is 63.3 Å². The van der Waals surface area contributed by atoms with Gasteiger partial charge in [0.15, 0.2) is 0 Å². The summed E-state index contributed by atoms with van der Waals surface area (Å²) in [6.07, 6.45) is -15.5. The van der Waals surface area contributed by atoms with E-state index < -0.39 is 147 Å². The van der Waals surface area contributed by atoms with Gasteiger partial charge >= 0.3 is 30.5 Å². The Balaban J connectivity index is 0.000000311. The minimum absolute atomic E-state index is 0.0488. The van der Waals surface area contributed by atoms with Crippen LogP contribution in [0.5, 0.6) is 0 Å². The van der Waals surface area contributed by atoms with Crippen LogP contribution in [0, 0.1) is 37.1 Å². The number of nitrogens with two attached hydrogens (primary N) is 1. The van der Waals surface area contributed by atoms with E-state index in [1.807, 2.05) is 5.32 Å². The highest BCUT2D eigenvalue weighted by Crippen LogP contribution is 2.39. The molecule has 5 aromatic rings. The number of morpholine rings is 1. The summed E-state index contributed by atoms with van der Waals surface area (Å²) in [5.74, 6) is -9.59. The third-order valence-electron chi connectivity index (χ3n) is 11.7. The number of pyridine rings is 2. The number of carboxylic acids is 1. The summed E-state index contributed by atoms with van der Waals surface area (Å²) in [7, 11) is 3.65. The molecule has 4 N–H and O–H groups in total. The van der Waals surface area contributed by atoms with Gasteiger partial charge in [-0.05, 0) is 67.8 Å². The van der Waals surface area contributed by atoms with Gasteiger partial charge in [-0.3, -0.25) is 19.2 Å². The molecule has 394 valence electrons. The predicted molar refractivity (Wildman–Crippen MR) is 234 cm³/mol. The first-order valence-corrected chi connectivity index (χ1v) is 21.2. The van der Waals surface area contributed by atoms with Crippen molar-refractivity contribution in [3.8, 4) is 22.3 Å². The molecule has 3 aromatic carbocycles. The SMILES string of the molecule is COC(=O)[C@@H](N)Cc1ccc(-c2c(C(F)(F)F)cc(C)n(C)c2=O)c(F)c1.Cc1cc(C(F)(F)F)c(-c2ccc(C[C@H](NC(=O)c3c(F)cc(N4CCOC[C@@H]4C(F)(F)F)cc3F)C(=O)O)cc2F)c(=O)n1C. The zero-order valence-electron chi connectivity index (χ0n) is 38.7. The normalized spacial score (nSPS) is 15.0. The summed E-state index contributed by atoms with van der Waals surface area (Å²) in [4.78, 5) is 61.7. The highest BCUT2D eigenvalue weighted by Gasteiger charge is 2.46. The molecule has 26 heteroatoms. The summed E-state index contributed by atoms with van der Waals surface area (Å²) in [5, 5.41) is 11.5. The molecule has 0 radical (unpaired) electrons. The molecule has 1 aliphatic rings. The van der Waals surface area contributed by atoms with E-state index in [9.17, 15) is 81.8 Å². The van der Waals surface area contributed by atoms with Gasteiger partial charge in [0.05, 0.1) is 42.6 Å². The third-order valence-corrected chi connectivity index (χ3v) is 11.7. The molecule has 13 nitrogen and oxygen atoms in total. The lowest BCUT2D eigenvalue weighted by Crippen LogP contribution is -2.53. The topological polar surface area (TPSA) is 175 Å². The number of aliphatic carboxylic acids is 1. The molecule has 0 saturated carbocycles. The summed E-state index contributed by atoms with van der Waals surface area (Å²) in [6, 6.07) is 3.05. The van der Waals surface area contributed by atoms with Crippen molar-refractivity contribution < 1.29 is 86.0 Å². The number of nitrogens with zero attached hydrogens (tertiary/aromatic N) is 3. The van der Waals surface area contributed by atoms with Crippen LogP contribution in [-0.4, -0.2) is 83.3 Å². The van der Waals surface area contributed by atoms with E-state index in [1.165, 1.54) is 34.0 Å². The number of rotatable bonds is 11. The Kier molecular flexibility index (Phi) is 17.0. The van der Waals surface area contributed by atoms with Crippen molar-refractivity contribution in [2.75, 3.05) is 31.8 Å². The van der Waals surface area contributed by atoms with Gasteiger partial charge in [-0.2, -0.15) is 39.5 Å². The Bertz CT molecular complexity index is 3040. The lowest BCUT2D eigenvalue weighted by Gasteiger charge is -2.38. The molecule has 1 fully saturated rings. The molecule has 6 rings (SSSR count). The largest absolute Gasteiger partial charge is 0.480 e. The van der Waals surface area contributed by atoms with Gasteiger partial charge in [0.2, 0.25) is 0 Å². The average molecular weight is 1050 g/mol. The van der Waals surface area contributed by atoms with Crippen molar-refractivity contribution in [3.05, 3.63) is 144 Å². The quantitative estimate of drug-likeness (QED) is 0.0886. The van der Waals surface area contributed by atoms with E-state index in [1.54, 1.807) is 0 Å². The molecule has 1 aliphatic heterocycles. The maximum Gasteiger partial charge on any atom is 0.417 e. The number of nitrogens with one attached hydrogen (secondary N) is 1. The number of esters is 1. The number of hydrogen-bond acceptors (Lipinski definition) is 9. The Morgan fingerprint density at radius 1 is 0.740 bits per heavy atom. The van der Waals surface area contributed by atoms with Gasteiger partial charge in [-0.25, -0.2) is 22.4 Å². The van der Waals surface area contributed by atoms with Crippen LogP contribution in [0.15, 0.2) is 70.3 Å². The second-order valence-electron chi connectivity index (χ2n) is 16.5. The molecule has 3 atom stereocenters. The van der Waals surface area contributed by atoms with Gasteiger partial charge in [-0.15, -0.1) is 0 Å². The summed E-state index contributed by atoms with van der Waals surface area (Å²) >= 11 is 0. The lowest BCUT2D eigenvalue weighted by atomic mass is 9.96.